The maximum Gasteiger partial charge on any atom is 0.226 e. The fourth-order valence-corrected chi connectivity index (χ4v) is 1.70. The standard InChI is InChI=1S/C13H20N8O.4ClH/c14-7-1-3-8(4-2-7)18-5-9(22)6-19-13-20-11(16)10(15)12(17)21-13;;;;/h1-4,9,18,22H,5-6,14-15H2,(H5,16,17,19,20,21);4*1H. The van der Waals surface area contributed by atoms with Gasteiger partial charge < -0.3 is 38.7 Å². The molecule has 2 aromatic rings. The molecule has 2 rings (SSSR count). The summed E-state index contributed by atoms with van der Waals surface area (Å²) >= 11 is 0. The van der Waals surface area contributed by atoms with E-state index in [2.05, 4.69) is 20.6 Å². The smallest absolute Gasteiger partial charge is 0.226 e. The number of aliphatic hydroxyl groups excluding tert-OH is 1. The predicted octanol–water partition coefficient (Wildman–Crippen LogP) is 1.38. The largest absolute Gasteiger partial charge is 0.399 e. The second-order valence-corrected chi connectivity index (χ2v) is 4.77. The molecule has 0 fully saturated rings. The first-order valence-electron chi connectivity index (χ1n) is 6.65. The molecule has 13 heteroatoms. The van der Waals surface area contributed by atoms with Crippen LogP contribution in [-0.4, -0.2) is 34.3 Å². The summed E-state index contributed by atoms with van der Waals surface area (Å²) in [7, 11) is 0. The van der Waals surface area contributed by atoms with Gasteiger partial charge in [0.1, 0.15) is 5.69 Å². The summed E-state index contributed by atoms with van der Waals surface area (Å²) in [6.45, 7) is 0.571. The number of nitrogens with zero attached hydrogens (tertiary/aromatic N) is 2. The van der Waals surface area contributed by atoms with Crippen molar-refractivity contribution >= 4 is 84.3 Å². The number of anilines is 6. The number of hydrogen-bond donors (Lipinski definition) is 7. The zero-order valence-corrected chi connectivity index (χ0v) is 16.9. The molecule has 11 N–H and O–H groups in total. The Bertz CT molecular complexity index is 624. The van der Waals surface area contributed by atoms with E-state index in [9.17, 15) is 5.11 Å². The quantitative estimate of drug-likeness (QED) is 0.321. The summed E-state index contributed by atoms with van der Waals surface area (Å²) in [4.78, 5) is 7.88. The predicted molar refractivity (Wildman–Crippen MR) is 118 cm³/mol. The molecule has 26 heavy (non-hydrogen) atoms. The Kier molecular flexibility index (Phi) is 15.0. The number of nitrogens with two attached hydrogens (primary N) is 4. The zero-order valence-electron chi connectivity index (χ0n) is 13.6. The first-order valence-corrected chi connectivity index (χ1v) is 6.65. The Labute approximate surface area is 176 Å². The average Bonchev–Trinajstić information content (AvgIpc) is 2.50. The highest BCUT2D eigenvalue weighted by molar-refractivity contribution is 5.86. The summed E-state index contributed by atoms with van der Waals surface area (Å²) in [5.41, 5.74) is 24.0. The van der Waals surface area contributed by atoms with E-state index < -0.39 is 6.10 Å². The molecule has 1 atom stereocenters. The molecule has 9 nitrogen and oxygen atoms in total. The molecule has 1 aromatic carbocycles. The molecule has 0 aliphatic carbocycles. The van der Waals surface area contributed by atoms with Gasteiger partial charge in [0.25, 0.3) is 0 Å². The summed E-state index contributed by atoms with van der Waals surface area (Å²) in [5, 5.41) is 15.9. The van der Waals surface area contributed by atoms with Crippen LogP contribution in [0.25, 0.3) is 0 Å². The molecule has 1 heterocycles. The molecule has 0 amide bonds. The molecule has 0 radical (unpaired) electrons. The van der Waals surface area contributed by atoms with Crippen molar-refractivity contribution in [3.8, 4) is 0 Å². The molecule has 0 spiro atoms. The van der Waals surface area contributed by atoms with E-state index in [1.807, 2.05) is 12.1 Å². The lowest BCUT2D eigenvalue weighted by molar-refractivity contribution is 0.200. The van der Waals surface area contributed by atoms with Crippen molar-refractivity contribution < 1.29 is 5.11 Å². The first kappa shape index (κ1) is 29.0. The Hall–Kier alpha value is -1.78. The summed E-state index contributed by atoms with van der Waals surface area (Å²) in [5.74, 6) is 0.421. The zero-order chi connectivity index (χ0) is 16.1. The van der Waals surface area contributed by atoms with Gasteiger partial charge >= 0.3 is 0 Å². The fourth-order valence-electron chi connectivity index (χ4n) is 1.70. The van der Waals surface area contributed by atoms with Crippen molar-refractivity contribution in [3.63, 3.8) is 0 Å². The van der Waals surface area contributed by atoms with E-state index in [1.165, 1.54) is 0 Å². The number of nitrogens with one attached hydrogen (secondary N) is 2. The minimum Gasteiger partial charge on any atom is -0.399 e. The lowest BCUT2D eigenvalue weighted by Gasteiger charge is -2.14. The SMILES string of the molecule is Cl.Cl.Cl.Cl.Nc1ccc(NCC(O)CNc2nc(N)c(N)c(N)n2)cc1. The minimum atomic E-state index is -0.666. The number of benzene rings is 1. The van der Waals surface area contributed by atoms with Crippen LogP contribution in [-0.2, 0) is 0 Å². The van der Waals surface area contributed by atoms with Gasteiger partial charge in [0.2, 0.25) is 5.95 Å². The van der Waals surface area contributed by atoms with Crippen LogP contribution < -0.4 is 33.6 Å². The van der Waals surface area contributed by atoms with Gasteiger partial charge in [0, 0.05) is 24.5 Å². The highest BCUT2D eigenvalue weighted by Gasteiger charge is 2.09. The van der Waals surface area contributed by atoms with Gasteiger partial charge in [-0.25, -0.2) is 0 Å². The number of aliphatic hydroxyl groups is 1. The van der Waals surface area contributed by atoms with Gasteiger partial charge in [-0.3, -0.25) is 0 Å². The van der Waals surface area contributed by atoms with Crippen LogP contribution in [0.15, 0.2) is 24.3 Å². The summed E-state index contributed by atoms with van der Waals surface area (Å²) in [6, 6.07) is 7.22. The van der Waals surface area contributed by atoms with Crippen molar-refractivity contribution in [2.75, 3.05) is 46.7 Å². The summed E-state index contributed by atoms with van der Waals surface area (Å²) < 4.78 is 0. The number of hydrogen-bond acceptors (Lipinski definition) is 9. The number of aromatic nitrogens is 2. The Balaban J connectivity index is -0.00000132. The van der Waals surface area contributed by atoms with E-state index in [0.29, 0.717) is 12.2 Å². The topological polar surface area (TPSA) is 174 Å². The van der Waals surface area contributed by atoms with Gasteiger partial charge in [0.05, 0.1) is 6.10 Å². The van der Waals surface area contributed by atoms with Crippen LogP contribution in [0.2, 0.25) is 0 Å². The lowest BCUT2D eigenvalue weighted by atomic mass is 10.2. The van der Waals surface area contributed by atoms with Crippen LogP contribution in [0.4, 0.5) is 34.6 Å². The third-order valence-corrected chi connectivity index (χ3v) is 2.95. The van der Waals surface area contributed by atoms with Crippen molar-refractivity contribution in [1.82, 2.24) is 9.97 Å². The van der Waals surface area contributed by atoms with Crippen molar-refractivity contribution in [1.29, 1.82) is 0 Å². The highest BCUT2D eigenvalue weighted by atomic mass is 35.5. The normalized spacial score (nSPS) is 10.0. The van der Waals surface area contributed by atoms with Gasteiger partial charge in [-0.1, -0.05) is 0 Å². The second kappa shape index (κ2) is 13.4. The number of halogens is 4. The molecule has 0 aliphatic rings. The van der Waals surface area contributed by atoms with Crippen LogP contribution in [0, 0.1) is 0 Å². The second-order valence-electron chi connectivity index (χ2n) is 4.77. The Morgan fingerprint density at radius 3 is 1.77 bits per heavy atom. The van der Waals surface area contributed by atoms with Crippen LogP contribution in [0.5, 0.6) is 0 Å². The van der Waals surface area contributed by atoms with E-state index in [-0.39, 0.29) is 79.4 Å². The fraction of sp³-hybridized carbons (Fsp3) is 0.231. The highest BCUT2D eigenvalue weighted by Crippen LogP contribution is 2.19. The van der Waals surface area contributed by atoms with Crippen LogP contribution in [0.3, 0.4) is 0 Å². The Morgan fingerprint density at radius 2 is 1.27 bits per heavy atom. The summed E-state index contributed by atoms with van der Waals surface area (Å²) in [6.07, 6.45) is -0.666. The van der Waals surface area contributed by atoms with Gasteiger partial charge in [-0.05, 0) is 24.3 Å². The average molecular weight is 450 g/mol. The maximum atomic E-state index is 9.93. The molecular formula is C13H24Cl4N8O. The van der Waals surface area contributed by atoms with Crippen LogP contribution in [0.1, 0.15) is 0 Å². The monoisotopic (exact) mass is 448 g/mol. The number of nitrogen functional groups attached to an aromatic ring is 4. The molecule has 0 bridgehead atoms. The third-order valence-electron chi connectivity index (χ3n) is 2.95. The van der Waals surface area contributed by atoms with Crippen LogP contribution >= 0.6 is 49.6 Å². The third kappa shape index (κ3) is 8.54. The van der Waals surface area contributed by atoms with Gasteiger partial charge in [-0.2, -0.15) is 9.97 Å². The van der Waals surface area contributed by atoms with Crippen molar-refractivity contribution in [2.24, 2.45) is 0 Å². The van der Waals surface area contributed by atoms with Crippen molar-refractivity contribution in [3.05, 3.63) is 24.3 Å². The Morgan fingerprint density at radius 1 is 0.808 bits per heavy atom. The minimum absolute atomic E-state index is 0. The molecule has 0 saturated heterocycles. The van der Waals surface area contributed by atoms with E-state index in [1.54, 1.807) is 12.1 Å². The van der Waals surface area contributed by atoms with Crippen molar-refractivity contribution in [2.45, 2.75) is 6.10 Å². The van der Waals surface area contributed by atoms with Gasteiger partial charge in [-0.15, -0.1) is 49.6 Å². The molecular weight excluding hydrogens is 426 g/mol. The van der Waals surface area contributed by atoms with Gasteiger partial charge in [0.15, 0.2) is 11.6 Å². The van der Waals surface area contributed by atoms with E-state index >= 15 is 0 Å². The molecule has 0 saturated carbocycles. The van der Waals surface area contributed by atoms with E-state index in [4.69, 9.17) is 22.9 Å². The molecule has 1 aromatic heterocycles. The van der Waals surface area contributed by atoms with E-state index in [0.717, 1.165) is 5.69 Å². The molecule has 150 valence electrons. The lowest BCUT2D eigenvalue weighted by Crippen LogP contribution is -2.28. The molecule has 1 unspecified atom stereocenters. The number of rotatable bonds is 6. The maximum absolute atomic E-state index is 9.93. The molecule has 0 aliphatic heterocycles. The first-order chi connectivity index (χ1) is 10.5.